The first-order valence-electron chi connectivity index (χ1n) is 10.9. The Morgan fingerprint density at radius 1 is 1.16 bits per heavy atom. The lowest BCUT2D eigenvalue weighted by Gasteiger charge is -2.31. The first-order chi connectivity index (χ1) is 15.0. The van der Waals surface area contributed by atoms with Crippen LogP contribution < -0.4 is 0 Å². The number of carbonyl (C=O) groups excluding carboxylic acids is 1. The van der Waals surface area contributed by atoms with Crippen LogP contribution in [-0.2, 0) is 7.05 Å². The second kappa shape index (κ2) is 9.97. The average Bonchev–Trinajstić information content (AvgIpc) is 3.04. The third-order valence-electron chi connectivity index (χ3n) is 6.22. The summed E-state index contributed by atoms with van der Waals surface area (Å²) in [7, 11) is 1.98. The first kappa shape index (κ1) is 22.0. The van der Waals surface area contributed by atoms with Gasteiger partial charge in [0.25, 0.3) is 0 Å². The maximum absolute atomic E-state index is 13.1. The molecule has 0 aliphatic carbocycles. The van der Waals surface area contributed by atoms with Crippen molar-refractivity contribution in [3.8, 4) is 0 Å². The van der Waals surface area contributed by atoms with Crippen LogP contribution in [0.1, 0.15) is 41.7 Å². The molecule has 2 aliphatic rings. The number of hydrogen-bond acceptors (Lipinski definition) is 6. The summed E-state index contributed by atoms with van der Waals surface area (Å²) in [5, 5.41) is 12.9. The van der Waals surface area contributed by atoms with Gasteiger partial charge in [-0.25, -0.2) is 8.70 Å². The van der Waals surface area contributed by atoms with Crippen LogP contribution >= 0.6 is 11.9 Å². The predicted octanol–water partition coefficient (Wildman–Crippen LogP) is 4.04. The smallest absolute Gasteiger partial charge is 0.166 e. The summed E-state index contributed by atoms with van der Waals surface area (Å²) in [6.45, 7) is 4.68. The SMILES string of the molecule is Cn1ccc2c1C(=NO)CCN(CCCN1CCC(C(=O)c3ccc(F)cc3)CC1)S2. The molecule has 1 aromatic heterocycles. The van der Waals surface area contributed by atoms with E-state index in [2.05, 4.69) is 20.4 Å². The fraction of sp³-hybridized carbons (Fsp3) is 0.478. The third-order valence-corrected chi connectivity index (χ3v) is 7.37. The highest BCUT2D eigenvalue weighted by Gasteiger charge is 2.26. The molecule has 0 bridgehead atoms. The van der Waals surface area contributed by atoms with Gasteiger partial charge >= 0.3 is 0 Å². The van der Waals surface area contributed by atoms with Gasteiger partial charge in [0.15, 0.2) is 5.78 Å². The fourth-order valence-electron chi connectivity index (χ4n) is 4.45. The zero-order valence-electron chi connectivity index (χ0n) is 17.8. The largest absolute Gasteiger partial charge is 0.411 e. The number of hydrogen-bond donors (Lipinski definition) is 1. The monoisotopic (exact) mass is 444 g/mol. The summed E-state index contributed by atoms with van der Waals surface area (Å²) < 4.78 is 17.5. The van der Waals surface area contributed by atoms with Gasteiger partial charge in [0.1, 0.15) is 11.5 Å². The second-order valence-electron chi connectivity index (χ2n) is 8.30. The van der Waals surface area contributed by atoms with Crippen LogP contribution in [0.2, 0.25) is 0 Å². The lowest BCUT2D eigenvalue weighted by molar-refractivity contribution is 0.0838. The van der Waals surface area contributed by atoms with E-state index in [1.54, 1.807) is 24.1 Å². The summed E-state index contributed by atoms with van der Waals surface area (Å²) in [5.41, 5.74) is 2.36. The maximum Gasteiger partial charge on any atom is 0.166 e. The van der Waals surface area contributed by atoms with Crippen LogP contribution in [0.3, 0.4) is 0 Å². The van der Waals surface area contributed by atoms with Gasteiger partial charge in [0, 0.05) is 44.2 Å². The quantitative estimate of drug-likeness (QED) is 0.315. The number of piperidine rings is 1. The van der Waals surface area contributed by atoms with E-state index in [1.807, 2.05) is 17.8 Å². The Morgan fingerprint density at radius 3 is 2.61 bits per heavy atom. The van der Waals surface area contributed by atoms with Gasteiger partial charge in [-0.05, 0) is 81.2 Å². The number of carbonyl (C=O) groups is 1. The van der Waals surface area contributed by atoms with Crippen molar-refractivity contribution in [2.24, 2.45) is 18.1 Å². The lowest BCUT2D eigenvalue weighted by atomic mass is 9.89. The van der Waals surface area contributed by atoms with Gasteiger partial charge in [0.05, 0.1) is 10.6 Å². The molecule has 0 spiro atoms. The minimum Gasteiger partial charge on any atom is -0.411 e. The molecule has 3 heterocycles. The molecule has 0 unspecified atom stereocenters. The van der Waals surface area contributed by atoms with E-state index in [-0.39, 0.29) is 17.5 Å². The van der Waals surface area contributed by atoms with Crippen molar-refractivity contribution >= 4 is 23.4 Å². The van der Waals surface area contributed by atoms with Crippen LogP contribution in [0.4, 0.5) is 4.39 Å². The molecule has 4 rings (SSSR count). The molecule has 2 aliphatic heterocycles. The van der Waals surface area contributed by atoms with E-state index in [0.29, 0.717) is 5.56 Å². The van der Waals surface area contributed by atoms with Gasteiger partial charge < -0.3 is 14.7 Å². The Kier molecular flexibility index (Phi) is 7.09. The molecule has 1 saturated heterocycles. The van der Waals surface area contributed by atoms with Gasteiger partial charge in [0.2, 0.25) is 0 Å². The highest BCUT2D eigenvalue weighted by atomic mass is 32.2. The molecule has 0 atom stereocenters. The average molecular weight is 445 g/mol. The molecule has 0 radical (unpaired) electrons. The van der Waals surface area contributed by atoms with Crippen LogP contribution in [0.5, 0.6) is 0 Å². The normalized spacial score (nSPS) is 20.0. The van der Waals surface area contributed by atoms with E-state index >= 15 is 0 Å². The van der Waals surface area contributed by atoms with E-state index in [1.165, 1.54) is 12.1 Å². The zero-order valence-corrected chi connectivity index (χ0v) is 18.7. The van der Waals surface area contributed by atoms with Crippen molar-refractivity contribution in [2.75, 3.05) is 32.7 Å². The number of rotatable bonds is 6. The number of aromatic nitrogens is 1. The molecule has 31 heavy (non-hydrogen) atoms. The molecular weight excluding hydrogens is 415 g/mol. The van der Waals surface area contributed by atoms with Gasteiger partial charge in [-0.3, -0.25) is 4.79 Å². The summed E-state index contributed by atoms with van der Waals surface area (Å²) in [5.74, 6) is -0.131. The minimum absolute atomic E-state index is 0.0376. The fourth-order valence-corrected chi connectivity index (χ4v) is 5.61. The number of fused-ring (bicyclic) bond motifs is 1. The molecule has 166 valence electrons. The minimum atomic E-state index is -0.308. The maximum atomic E-state index is 13.1. The first-order valence-corrected chi connectivity index (χ1v) is 11.6. The van der Waals surface area contributed by atoms with Gasteiger partial charge in [-0.2, -0.15) is 0 Å². The van der Waals surface area contributed by atoms with E-state index in [9.17, 15) is 14.4 Å². The summed E-state index contributed by atoms with van der Waals surface area (Å²) in [4.78, 5) is 16.2. The standard InChI is InChI=1S/C23H29FN4O2S/c1-26-13-10-21-22(26)20(25-30)9-16-28(31-21)12-2-11-27-14-7-18(8-15-27)23(29)17-3-5-19(24)6-4-17/h3-6,10,13,18,30H,2,7-9,11-12,14-16H2,1H3. The molecule has 1 N–H and O–H groups in total. The number of ketones is 1. The molecule has 8 heteroatoms. The molecule has 0 saturated carbocycles. The Balaban J connectivity index is 1.22. The predicted molar refractivity (Wildman–Crippen MR) is 120 cm³/mol. The van der Waals surface area contributed by atoms with Gasteiger partial charge in [-0.1, -0.05) is 5.16 Å². The molecule has 1 fully saturated rings. The topological polar surface area (TPSA) is 61.1 Å². The van der Waals surface area contributed by atoms with E-state index < -0.39 is 0 Å². The molecular formula is C23H29FN4O2S. The van der Waals surface area contributed by atoms with Crippen molar-refractivity contribution in [2.45, 2.75) is 30.6 Å². The number of benzene rings is 1. The second-order valence-corrected chi connectivity index (χ2v) is 9.44. The Morgan fingerprint density at radius 2 is 1.90 bits per heavy atom. The number of oxime groups is 1. The van der Waals surface area contributed by atoms with Crippen LogP contribution in [0.25, 0.3) is 0 Å². The van der Waals surface area contributed by atoms with Crippen molar-refractivity contribution < 1.29 is 14.4 Å². The van der Waals surface area contributed by atoms with Crippen molar-refractivity contribution in [1.29, 1.82) is 0 Å². The van der Waals surface area contributed by atoms with Crippen molar-refractivity contribution in [3.63, 3.8) is 0 Å². The van der Waals surface area contributed by atoms with E-state index in [0.717, 1.165) is 74.7 Å². The highest BCUT2D eigenvalue weighted by molar-refractivity contribution is 7.97. The van der Waals surface area contributed by atoms with Crippen LogP contribution in [-0.4, -0.2) is 63.2 Å². The highest BCUT2D eigenvalue weighted by Crippen LogP contribution is 2.32. The number of likely N-dealkylation sites (tertiary alicyclic amines) is 1. The summed E-state index contributed by atoms with van der Waals surface area (Å²) in [6.07, 6.45) is 5.50. The molecule has 0 amide bonds. The van der Waals surface area contributed by atoms with Crippen molar-refractivity contribution in [1.82, 2.24) is 13.8 Å². The Hall–Kier alpha value is -2.16. The lowest BCUT2D eigenvalue weighted by Crippen LogP contribution is -2.37. The number of aryl methyl sites for hydroxylation is 1. The van der Waals surface area contributed by atoms with Crippen molar-refractivity contribution in [3.05, 3.63) is 53.6 Å². The van der Waals surface area contributed by atoms with E-state index in [4.69, 9.17) is 0 Å². The Bertz CT molecular complexity index is 936. The molecule has 2 aromatic rings. The number of nitrogens with zero attached hydrogens (tertiary/aromatic N) is 4. The number of halogens is 1. The molecule has 6 nitrogen and oxygen atoms in total. The van der Waals surface area contributed by atoms with Crippen LogP contribution in [0.15, 0.2) is 46.6 Å². The van der Waals surface area contributed by atoms with Gasteiger partial charge in [-0.15, -0.1) is 0 Å². The molecule has 1 aromatic carbocycles. The zero-order chi connectivity index (χ0) is 21.8. The Labute approximate surface area is 186 Å². The third kappa shape index (κ3) is 5.19. The van der Waals surface area contributed by atoms with Crippen LogP contribution in [0, 0.1) is 11.7 Å². The number of Topliss-reactive ketones (excluding diaryl/α,β-unsaturated/α-hetero) is 1. The summed E-state index contributed by atoms with van der Waals surface area (Å²) in [6, 6.07) is 7.97. The summed E-state index contributed by atoms with van der Waals surface area (Å²) >= 11 is 1.74.